The summed E-state index contributed by atoms with van der Waals surface area (Å²) in [6.07, 6.45) is 2.16. The van der Waals surface area contributed by atoms with Gasteiger partial charge < -0.3 is 20.4 Å². The van der Waals surface area contributed by atoms with Crippen molar-refractivity contribution in [1.82, 2.24) is 10.6 Å². The fourth-order valence-electron chi connectivity index (χ4n) is 3.21. The number of anilines is 2. The Hall–Kier alpha value is -3.02. The quantitative estimate of drug-likeness (QED) is 0.723. The molecule has 0 saturated heterocycles. The van der Waals surface area contributed by atoms with Gasteiger partial charge in [0.2, 0.25) is 0 Å². The average molecular weight is 395 g/mol. The van der Waals surface area contributed by atoms with E-state index >= 15 is 0 Å². The first-order valence-corrected chi connectivity index (χ1v) is 9.99. The van der Waals surface area contributed by atoms with Gasteiger partial charge >= 0.3 is 0 Å². The van der Waals surface area contributed by atoms with E-state index in [1.54, 1.807) is 0 Å². The molecule has 1 aliphatic rings. The number of nitrogens with zero attached hydrogens (tertiary/aromatic N) is 2. The summed E-state index contributed by atoms with van der Waals surface area (Å²) < 4.78 is 0. The number of hydrogen-bond donors (Lipinski definition) is 2. The minimum absolute atomic E-state index is 0.0546. The maximum absolute atomic E-state index is 12.6. The molecule has 0 spiro atoms. The summed E-state index contributed by atoms with van der Waals surface area (Å²) >= 11 is 0. The summed E-state index contributed by atoms with van der Waals surface area (Å²) in [5, 5.41) is 6.08. The molecule has 29 heavy (non-hydrogen) atoms. The molecule has 2 aromatic rings. The number of carbonyl (C=O) groups excluding carboxylic acids is 2. The summed E-state index contributed by atoms with van der Waals surface area (Å²) in [7, 11) is 7.86. The van der Waals surface area contributed by atoms with Gasteiger partial charge in [-0.1, -0.05) is 0 Å². The Bertz CT molecular complexity index is 840. The van der Waals surface area contributed by atoms with Crippen molar-refractivity contribution in [3.63, 3.8) is 0 Å². The highest BCUT2D eigenvalue weighted by molar-refractivity contribution is 5.95. The second kappa shape index (κ2) is 8.99. The fraction of sp³-hybridized carbons (Fsp3) is 0.391. The van der Waals surface area contributed by atoms with E-state index in [0.29, 0.717) is 23.6 Å². The van der Waals surface area contributed by atoms with Crippen LogP contribution in [0.2, 0.25) is 0 Å². The van der Waals surface area contributed by atoms with E-state index in [2.05, 4.69) is 10.6 Å². The molecule has 2 amide bonds. The van der Waals surface area contributed by atoms with E-state index in [4.69, 9.17) is 0 Å². The molecule has 6 heteroatoms. The van der Waals surface area contributed by atoms with Crippen LogP contribution in [0, 0.1) is 5.92 Å². The van der Waals surface area contributed by atoms with E-state index in [1.165, 1.54) is 0 Å². The Labute approximate surface area is 172 Å². The molecule has 1 atom stereocenters. The van der Waals surface area contributed by atoms with Gasteiger partial charge in [-0.25, -0.2) is 0 Å². The van der Waals surface area contributed by atoms with Crippen LogP contribution in [0.4, 0.5) is 11.4 Å². The summed E-state index contributed by atoms with van der Waals surface area (Å²) in [4.78, 5) is 29.1. The molecule has 1 saturated carbocycles. The monoisotopic (exact) mass is 394 g/mol. The van der Waals surface area contributed by atoms with Gasteiger partial charge in [-0.3, -0.25) is 9.59 Å². The van der Waals surface area contributed by atoms with Crippen LogP contribution in [-0.2, 0) is 0 Å². The summed E-state index contributed by atoms with van der Waals surface area (Å²) in [6, 6.07) is 15.0. The highest BCUT2D eigenvalue weighted by Crippen LogP contribution is 2.32. The van der Waals surface area contributed by atoms with Crippen LogP contribution < -0.4 is 20.4 Å². The van der Waals surface area contributed by atoms with Gasteiger partial charge in [-0.05, 0) is 67.3 Å². The Morgan fingerprint density at radius 1 is 0.828 bits per heavy atom. The number of hydrogen-bond acceptors (Lipinski definition) is 4. The summed E-state index contributed by atoms with van der Waals surface area (Å²) in [5.74, 6) is 0.207. The average Bonchev–Trinajstić information content (AvgIpc) is 3.56. The van der Waals surface area contributed by atoms with Gasteiger partial charge in [0.25, 0.3) is 11.8 Å². The Morgan fingerprint density at radius 2 is 1.28 bits per heavy atom. The molecule has 2 aromatic carbocycles. The molecular formula is C23H30N4O2. The lowest BCUT2D eigenvalue weighted by Gasteiger charge is -2.20. The summed E-state index contributed by atoms with van der Waals surface area (Å²) in [6.45, 7) is 0.431. The standard InChI is InChI=1S/C23H30N4O2/c1-26(2)19-11-7-17(8-12-19)22(28)24-15-21(16-5-6-16)25-23(29)18-9-13-20(14-10-18)27(3)4/h7-14,16,21H,5-6,15H2,1-4H3,(H,24,28)(H,25,29). The van der Waals surface area contributed by atoms with Crippen molar-refractivity contribution in [3.8, 4) is 0 Å². The molecule has 0 radical (unpaired) electrons. The molecule has 3 rings (SSSR count). The van der Waals surface area contributed by atoms with Gasteiger partial charge in [0.05, 0.1) is 0 Å². The molecule has 0 aliphatic heterocycles. The van der Waals surface area contributed by atoms with Crippen molar-refractivity contribution in [1.29, 1.82) is 0 Å². The van der Waals surface area contributed by atoms with Gasteiger partial charge in [0, 0.05) is 63.3 Å². The van der Waals surface area contributed by atoms with Crippen LogP contribution in [0.5, 0.6) is 0 Å². The number of rotatable bonds is 8. The van der Waals surface area contributed by atoms with Crippen LogP contribution in [0.1, 0.15) is 33.6 Å². The maximum atomic E-state index is 12.6. The van der Waals surface area contributed by atoms with E-state index in [0.717, 1.165) is 24.2 Å². The van der Waals surface area contributed by atoms with Gasteiger partial charge in [-0.15, -0.1) is 0 Å². The Morgan fingerprint density at radius 3 is 1.69 bits per heavy atom. The molecule has 1 fully saturated rings. The van der Waals surface area contributed by atoms with Crippen molar-refractivity contribution >= 4 is 23.2 Å². The molecule has 1 aliphatic carbocycles. The van der Waals surface area contributed by atoms with Crippen LogP contribution in [-0.4, -0.2) is 52.6 Å². The fourth-order valence-corrected chi connectivity index (χ4v) is 3.21. The molecule has 2 N–H and O–H groups in total. The second-order valence-electron chi connectivity index (χ2n) is 8.01. The second-order valence-corrected chi connectivity index (χ2v) is 8.01. The lowest BCUT2D eigenvalue weighted by Crippen LogP contribution is -2.45. The third-order valence-corrected chi connectivity index (χ3v) is 5.28. The van der Waals surface area contributed by atoms with Crippen LogP contribution in [0.3, 0.4) is 0 Å². The highest BCUT2D eigenvalue weighted by atomic mass is 16.2. The lowest BCUT2D eigenvalue weighted by atomic mass is 10.1. The van der Waals surface area contributed by atoms with Crippen LogP contribution in [0.15, 0.2) is 48.5 Å². The largest absolute Gasteiger partial charge is 0.378 e. The molecule has 0 heterocycles. The third kappa shape index (κ3) is 5.50. The number of nitrogens with one attached hydrogen (secondary N) is 2. The van der Waals surface area contributed by atoms with E-state index in [-0.39, 0.29) is 17.9 Å². The first-order chi connectivity index (χ1) is 13.8. The highest BCUT2D eigenvalue weighted by Gasteiger charge is 2.32. The molecule has 154 valence electrons. The number of benzene rings is 2. The first-order valence-electron chi connectivity index (χ1n) is 9.99. The lowest BCUT2D eigenvalue weighted by molar-refractivity contribution is 0.0903. The molecule has 1 unspecified atom stereocenters. The number of amides is 2. The van der Waals surface area contributed by atoms with Crippen LogP contribution >= 0.6 is 0 Å². The van der Waals surface area contributed by atoms with E-state index < -0.39 is 0 Å². The third-order valence-electron chi connectivity index (χ3n) is 5.28. The zero-order chi connectivity index (χ0) is 21.0. The molecule has 0 bridgehead atoms. The van der Waals surface area contributed by atoms with E-state index in [9.17, 15) is 9.59 Å². The van der Waals surface area contributed by atoms with Crippen molar-refractivity contribution in [2.45, 2.75) is 18.9 Å². The zero-order valence-electron chi connectivity index (χ0n) is 17.6. The topological polar surface area (TPSA) is 64.7 Å². The van der Waals surface area contributed by atoms with Gasteiger partial charge in [-0.2, -0.15) is 0 Å². The zero-order valence-corrected chi connectivity index (χ0v) is 17.6. The van der Waals surface area contributed by atoms with Crippen molar-refractivity contribution < 1.29 is 9.59 Å². The normalized spacial score (nSPS) is 14.1. The van der Waals surface area contributed by atoms with Gasteiger partial charge in [0.15, 0.2) is 0 Å². The summed E-state index contributed by atoms with van der Waals surface area (Å²) in [5.41, 5.74) is 3.35. The van der Waals surface area contributed by atoms with Gasteiger partial charge in [0.1, 0.15) is 0 Å². The minimum atomic E-state index is -0.120. The SMILES string of the molecule is CN(C)c1ccc(C(=O)NCC(NC(=O)c2ccc(N(C)C)cc2)C2CC2)cc1. The van der Waals surface area contributed by atoms with Crippen LogP contribution in [0.25, 0.3) is 0 Å². The smallest absolute Gasteiger partial charge is 0.251 e. The first kappa shape index (κ1) is 20.7. The van der Waals surface area contributed by atoms with E-state index in [1.807, 2.05) is 86.5 Å². The predicted molar refractivity (Wildman–Crippen MR) is 118 cm³/mol. The Balaban J connectivity index is 1.57. The predicted octanol–water partition coefficient (Wildman–Crippen LogP) is 2.76. The number of carbonyl (C=O) groups is 2. The maximum Gasteiger partial charge on any atom is 0.251 e. The van der Waals surface area contributed by atoms with Crippen molar-refractivity contribution in [2.75, 3.05) is 44.5 Å². The molecule has 0 aromatic heterocycles. The minimum Gasteiger partial charge on any atom is -0.378 e. The molecule has 6 nitrogen and oxygen atoms in total. The molecular weight excluding hydrogens is 364 g/mol. The Kier molecular flexibility index (Phi) is 6.42. The van der Waals surface area contributed by atoms with Crippen molar-refractivity contribution in [3.05, 3.63) is 59.7 Å². The van der Waals surface area contributed by atoms with Crippen molar-refractivity contribution in [2.24, 2.45) is 5.92 Å².